The smallest absolute Gasteiger partial charge is 0.165 e. The van der Waals surface area contributed by atoms with E-state index < -0.39 is 5.79 Å². The fourth-order valence-electron chi connectivity index (χ4n) is 3.09. The highest BCUT2D eigenvalue weighted by Gasteiger charge is 2.38. The summed E-state index contributed by atoms with van der Waals surface area (Å²) in [4.78, 5) is 12.0. The largest absolute Gasteiger partial charge is 0.350 e. The molecule has 1 saturated carbocycles. The second kappa shape index (κ2) is 5.53. The molecule has 0 spiro atoms. The van der Waals surface area contributed by atoms with Crippen molar-refractivity contribution < 1.29 is 14.3 Å². The number of hydrogen-bond acceptors (Lipinski definition) is 3. The lowest BCUT2D eigenvalue weighted by molar-refractivity contribution is -0.293. The third-order valence-corrected chi connectivity index (χ3v) is 4.63. The van der Waals surface area contributed by atoms with Gasteiger partial charge in [0.15, 0.2) is 5.79 Å². The number of carbonyl (C=O) groups is 1. The van der Waals surface area contributed by atoms with E-state index in [0.717, 1.165) is 38.9 Å². The Morgan fingerprint density at radius 1 is 1.21 bits per heavy atom. The molecule has 2 fully saturated rings. The number of rotatable bonds is 3. The minimum absolute atomic E-state index is 0.105. The average molecular weight is 268 g/mol. The van der Waals surface area contributed by atoms with Crippen molar-refractivity contribution in [2.45, 2.75) is 65.6 Å². The van der Waals surface area contributed by atoms with E-state index in [1.807, 2.05) is 6.92 Å². The van der Waals surface area contributed by atoms with Crippen LogP contribution in [0.1, 0.15) is 59.8 Å². The van der Waals surface area contributed by atoms with E-state index in [-0.39, 0.29) is 11.3 Å². The number of hydrogen-bond donors (Lipinski definition) is 0. The van der Waals surface area contributed by atoms with Gasteiger partial charge in [0.05, 0.1) is 13.2 Å². The summed E-state index contributed by atoms with van der Waals surface area (Å²) in [6.07, 6.45) is 4.73. The highest BCUT2D eigenvalue weighted by atomic mass is 16.7. The third-order valence-electron chi connectivity index (χ3n) is 4.63. The van der Waals surface area contributed by atoms with Crippen LogP contribution in [0.4, 0.5) is 0 Å². The van der Waals surface area contributed by atoms with Gasteiger partial charge in [-0.3, -0.25) is 4.79 Å². The second-order valence-electron chi connectivity index (χ2n) is 7.36. The van der Waals surface area contributed by atoms with E-state index in [2.05, 4.69) is 20.8 Å². The molecule has 1 aliphatic carbocycles. The molecular formula is C16H28O3. The Labute approximate surface area is 117 Å². The number of carbonyl (C=O) groups excluding carboxylic acids is 1. The summed E-state index contributed by atoms with van der Waals surface area (Å²) in [5.74, 6) is 0.684. The monoisotopic (exact) mass is 268 g/mol. The van der Waals surface area contributed by atoms with Gasteiger partial charge in [-0.25, -0.2) is 0 Å². The quantitative estimate of drug-likeness (QED) is 0.785. The molecule has 110 valence electrons. The minimum Gasteiger partial charge on any atom is -0.350 e. The lowest BCUT2D eigenvalue weighted by Gasteiger charge is -2.42. The van der Waals surface area contributed by atoms with Gasteiger partial charge < -0.3 is 9.47 Å². The molecule has 0 aromatic heterocycles. The maximum absolute atomic E-state index is 12.0. The van der Waals surface area contributed by atoms with Gasteiger partial charge in [0.25, 0.3) is 0 Å². The Kier molecular flexibility index (Phi) is 4.36. The van der Waals surface area contributed by atoms with Gasteiger partial charge in [0.1, 0.15) is 5.78 Å². The van der Waals surface area contributed by atoms with E-state index >= 15 is 0 Å². The molecular weight excluding hydrogens is 240 g/mol. The predicted octanol–water partition coefficient (Wildman–Crippen LogP) is 3.56. The molecule has 1 heterocycles. The van der Waals surface area contributed by atoms with Crippen molar-refractivity contribution in [3.63, 3.8) is 0 Å². The minimum atomic E-state index is -0.493. The summed E-state index contributed by atoms with van der Waals surface area (Å²) in [5, 5.41) is 0. The van der Waals surface area contributed by atoms with Crippen LogP contribution in [0.5, 0.6) is 0 Å². The van der Waals surface area contributed by atoms with Crippen molar-refractivity contribution in [2.75, 3.05) is 13.2 Å². The van der Waals surface area contributed by atoms with Crippen LogP contribution in [0.2, 0.25) is 0 Å². The fourth-order valence-corrected chi connectivity index (χ4v) is 3.09. The molecule has 2 aliphatic rings. The first-order valence-corrected chi connectivity index (χ1v) is 7.62. The van der Waals surface area contributed by atoms with Crippen LogP contribution >= 0.6 is 0 Å². The van der Waals surface area contributed by atoms with Crippen LogP contribution in [0, 0.1) is 17.3 Å². The normalized spacial score (nSPS) is 34.2. The van der Waals surface area contributed by atoms with Crippen molar-refractivity contribution in [1.29, 1.82) is 0 Å². The van der Waals surface area contributed by atoms with Crippen LogP contribution in [-0.4, -0.2) is 24.8 Å². The molecule has 1 aliphatic heterocycles. The Hall–Kier alpha value is -0.410. The number of ether oxygens (including phenoxy) is 2. The van der Waals surface area contributed by atoms with Gasteiger partial charge in [0.2, 0.25) is 0 Å². The van der Waals surface area contributed by atoms with Crippen LogP contribution in [0.15, 0.2) is 0 Å². The summed E-state index contributed by atoms with van der Waals surface area (Å²) in [7, 11) is 0. The standard InChI is InChI=1S/C16H28O3/c1-12-6-5-7-14(17)13(12)8-9-16(4)18-10-15(2,3)11-19-16/h12-13H,5-11H2,1-4H3/t12-,13-/m1/s1. The number of ketones is 1. The molecule has 0 aromatic carbocycles. The molecule has 19 heavy (non-hydrogen) atoms. The van der Waals surface area contributed by atoms with E-state index in [1.165, 1.54) is 6.42 Å². The van der Waals surface area contributed by atoms with E-state index in [9.17, 15) is 4.79 Å². The van der Waals surface area contributed by atoms with Crippen LogP contribution in [-0.2, 0) is 14.3 Å². The molecule has 0 N–H and O–H groups in total. The Balaban J connectivity index is 1.86. The Morgan fingerprint density at radius 3 is 2.42 bits per heavy atom. The van der Waals surface area contributed by atoms with Crippen LogP contribution in [0.3, 0.4) is 0 Å². The van der Waals surface area contributed by atoms with E-state index in [4.69, 9.17) is 9.47 Å². The van der Waals surface area contributed by atoms with Gasteiger partial charge in [-0.1, -0.05) is 20.8 Å². The Morgan fingerprint density at radius 2 is 1.84 bits per heavy atom. The molecule has 0 bridgehead atoms. The molecule has 1 saturated heterocycles. The first-order chi connectivity index (χ1) is 8.81. The molecule has 2 atom stereocenters. The van der Waals surface area contributed by atoms with Crippen LogP contribution in [0.25, 0.3) is 0 Å². The maximum Gasteiger partial charge on any atom is 0.165 e. The Bertz CT molecular complexity index is 325. The lowest BCUT2D eigenvalue weighted by atomic mass is 9.76. The zero-order valence-corrected chi connectivity index (χ0v) is 12.8. The molecule has 0 unspecified atom stereocenters. The van der Waals surface area contributed by atoms with Crippen LogP contribution < -0.4 is 0 Å². The highest BCUT2D eigenvalue weighted by Crippen LogP contribution is 2.36. The predicted molar refractivity (Wildman–Crippen MR) is 74.8 cm³/mol. The summed E-state index contributed by atoms with van der Waals surface area (Å²) in [5.41, 5.74) is 0.105. The summed E-state index contributed by atoms with van der Waals surface area (Å²) in [6.45, 7) is 9.99. The van der Waals surface area contributed by atoms with Gasteiger partial charge in [-0.2, -0.15) is 0 Å². The molecule has 0 aromatic rings. The van der Waals surface area contributed by atoms with Gasteiger partial charge in [-0.05, 0) is 32.1 Å². The van der Waals surface area contributed by atoms with Crippen molar-refractivity contribution >= 4 is 5.78 Å². The van der Waals surface area contributed by atoms with Crippen molar-refractivity contribution in [2.24, 2.45) is 17.3 Å². The van der Waals surface area contributed by atoms with Crippen molar-refractivity contribution in [3.05, 3.63) is 0 Å². The first-order valence-electron chi connectivity index (χ1n) is 7.62. The maximum atomic E-state index is 12.0. The average Bonchev–Trinajstić information content (AvgIpc) is 2.33. The SMILES string of the molecule is C[C@@H]1CCCC(=O)[C@@H]1CCC1(C)OCC(C)(C)CO1. The molecule has 0 amide bonds. The van der Waals surface area contributed by atoms with Crippen molar-refractivity contribution in [1.82, 2.24) is 0 Å². The van der Waals surface area contributed by atoms with E-state index in [0.29, 0.717) is 11.7 Å². The molecule has 2 rings (SSSR count). The second-order valence-corrected chi connectivity index (χ2v) is 7.36. The fraction of sp³-hybridized carbons (Fsp3) is 0.938. The first kappa shape index (κ1) is 15.0. The number of Topliss-reactive ketones (excluding diaryl/α,β-unsaturated/α-hetero) is 1. The van der Waals surface area contributed by atoms with Gasteiger partial charge >= 0.3 is 0 Å². The molecule has 0 radical (unpaired) electrons. The van der Waals surface area contributed by atoms with Gasteiger partial charge in [-0.15, -0.1) is 0 Å². The zero-order valence-electron chi connectivity index (χ0n) is 12.8. The summed E-state index contributed by atoms with van der Waals surface area (Å²) in [6, 6.07) is 0. The topological polar surface area (TPSA) is 35.5 Å². The molecule has 3 heteroatoms. The highest BCUT2D eigenvalue weighted by molar-refractivity contribution is 5.81. The lowest BCUT2D eigenvalue weighted by Crippen LogP contribution is -2.46. The van der Waals surface area contributed by atoms with Gasteiger partial charge in [0, 0.05) is 24.2 Å². The van der Waals surface area contributed by atoms with Crippen molar-refractivity contribution in [3.8, 4) is 0 Å². The zero-order chi connectivity index (χ0) is 14.1. The summed E-state index contributed by atoms with van der Waals surface area (Å²) < 4.78 is 11.8. The van der Waals surface area contributed by atoms with E-state index in [1.54, 1.807) is 0 Å². The summed E-state index contributed by atoms with van der Waals surface area (Å²) >= 11 is 0. The molecule has 3 nitrogen and oxygen atoms in total. The third kappa shape index (κ3) is 3.79.